The number of carboxylic acid groups (broad SMARTS) is 1. The Morgan fingerprint density at radius 3 is 2.33 bits per heavy atom. The van der Waals surface area contributed by atoms with Crippen LogP contribution in [0.1, 0.15) is 22.8 Å². The molecule has 0 bridgehead atoms. The van der Waals surface area contributed by atoms with Gasteiger partial charge in [0.15, 0.2) is 6.04 Å². The van der Waals surface area contributed by atoms with Gasteiger partial charge in [-0.05, 0) is 25.1 Å². The van der Waals surface area contributed by atoms with Gasteiger partial charge in [-0.1, -0.05) is 15.9 Å². The lowest BCUT2D eigenvalue weighted by atomic mass is 10.1. The molecule has 0 saturated heterocycles. The molecule has 0 unspecified atom stereocenters. The van der Waals surface area contributed by atoms with Gasteiger partial charge in [0.1, 0.15) is 0 Å². The van der Waals surface area contributed by atoms with E-state index < -0.39 is 35.8 Å². The minimum absolute atomic E-state index is 0.239. The van der Waals surface area contributed by atoms with Crippen molar-refractivity contribution >= 4 is 27.8 Å². The molecule has 2 atom stereocenters. The summed E-state index contributed by atoms with van der Waals surface area (Å²) in [4.78, 5) is 22.6. The van der Waals surface area contributed by atoms with Crippen molar-refractivity contribution in [3.8, 4) is 0 Å². The topological polar surface area (TPSA) is 86.6 Å². The summed E-state index contributed by atoms with van der Waals surface area (Å²) in [5, 5.41) is 20.0. The quantitative estimate of drug-likeness (QED) is 0.757. The normalized spacial score (nSPS) is 14.4. The predicted octanol–water partition coefficient (Wildman–Crippen LogP) is 2.03. The standard InChI is InChI=1S/C12H11BrF3NO4/c1-5(18)9(11(20)21)17-10(19)6-2-3-8(13)7(4-6)12(14,15)16/h2-5,9,18H,1H3,(H,17,19)(H,20,21)/t5-,9+/m1/s1. The lowest BCUT2D eigenvalue weighted by molar-refractivity contribution is -0.142. The van der Waals surface area contributed by atoms with Crippen molar-refractivity contribution < 1.29 is 33.0 Å². The molecule has 0 heterocycles. The minimum Gasteiger partial charge on any atom is -0.480 e. The van der Waals surface area contributed by atoms with Gasteiger partial charge in [-0.15, -0.1) is 0 Å². The number of amides is 1. The largest absolute Gasteiger partial charge is 0.480 e. The molecule has 21 heavy (non-hydrogen) atoms. The van der Waals surface area contributed by atoms with Crippen LogP contribution >= 0.6 is 15.9 Å². The van der Waals surface area contributed by atoms with Gasteiger partial charge < -0.3 is 15.5 Å². The summed E-state index contributed by atoms with van der Waals surface area (Å²) in [6.07, 6.45) is -6.06. The summed E-state index contributed by atoms with van der Waals surface area (Å²) in [6, 6.07) is 1.13. The highest BCUT2D eigenvalue weighted by atomic mass is 79.9. The van der Waals surface area contributed by atoms with Crippen LogP contribution in [0.3, 0.4) is 0 Å². The Morgan fingerprint density at radius 1 is 1.33 bits per heavy atom. The Morgan fingerprint density at radius 2 is 1.90 bits per heavy atom. The van der Waals surface area contributed by atoms with Gasteiger partial charge in [0.05, 0.1) is 11.7 Å². The molecule has 9 heteroatoms. The number of aliphatic hydroxyl groups excluding tert-OH is 1. The van der Waals surface area contributed by atoms with Crippen LogP contribution in [0.5, 0.6) is 0 Å². The maximum atomic E-state index is 12.7. The van der Waals surface area contributed by atoms with E-state index in [1.165, 1.54) is 0 Å². The van der Waals surface area contributed by atoms with Gasteiger partial charge in [0.25, 0.3) is 5.91 Å². The van der Waals surface area contributed by atoms with E-state index in [-0.39, 0.29) is 10.0 Å². The van der Waals surface area contributed by atoms with Crippen molar-refractivity contribution in [3.05, 3.63) is 33.8 Å². The van der Waals surface area contributed by atoms with Crippen LogP contribution in [0.4, 0.5) is 13.2 Å². The average Bonchev–Trinajstić information content (AvgIpc) is 2.33. The van der Waals surface area contributed by atoms with Crippen molar-refractivity contribution in [3.63, 3.8) is 0 Å². The van der Waals surface area contributed by atoms with E-state index in [0.29, 0.717) is 6.07 Å². The van der Waals surface area contributed by atoms with Crippen molar-refractivity contribution in [2.75, 3.05) is 0 Å². The first-order valence-corrected chi connectivity index (χ1v) is 6.42. The number of halogens is 4. The monoisotopic (exact) mass is 369 g/mol. The zero-order chi connectivity index (χ0) is 16.4. The van der Waals surface area contributed by atoms with Crippen molar-refractivity contribution in [1.29, 1.82) is 0 Å². The van der Waals surface area contributed by atoms with E-state index in [2.05, 4.69) is 15.9 Å². The number of hydrogen-bond donors (Lipinski definition) is 3. The van der Waals surface area contributed by atoms with Crippen LogP contribution in [0.2, 0.25) is 0 Å². The summed E-state index contributed by atoms with van der Waals surface area (Å²) in [7, 11) is 0. The highest BCUT2D eigenvalue weighted by Gasteiger charge is 2.34. The van der Waals surface area contributed by atoms with Gasteiger partial charge in [-0.25, -0.2) is 4.79 Å². The molecule has 1 amide bonds. The third-order valence-electron chi connectivity index (χ3n) is 2.57. The fourth-order valence-corrected chi connectivity index (χ4v) is 1.97. The second kappa shape index (κ2) is 6.44. The third kappa shape index (κ3) is 4.43. The second-order valence-electron chi connectivity index (χ2n) is 4.22. The molecule has 1 aromatic rings. The smallest absolute Gasteiger partial charge is 0.417 e. The maximum Gasteiger partial charge on any atom is 0.417 e. The van der Waals surface area contributed by atoms with Gasteiger partial charge in [-0.2, -0.15) is 13.2 Å². The number of aliphatic carboxylic acids is 1. The molecule has 0 aliphatic carbocycles. The van der Waals surface area contributed by atoms with Crippen molar-refractivity contribution in [2.24, 2.45) is 0 Å². The van der Waals surface area contributed by atoms with E-state index in [9.17, 15) is 27.9 Å². The molecule has 0 aromatic heterocycles. The molecular formula is C12H11BrF3NO4. The fourth-order valence-electron chi connectivity index (χ4n) is 1.50. The number of hydrogen-bond acceptors (Lipinski definition) is 3. The summed E-state index contributed by atoms with van der Waals surface area (Å²) < 4.78 is 37.9. The Hall–Kier alpha value is -1.61. The Bertz CT molecular complexity index is 560. The zero-order valence-corrected chi connectivity index (χ0v) is 12.2. The van der Waals surface area contributed by atoms with Crippen LogP contribution in [0.25, 0.3) is 0 Å². The molecule has 1 aromatic carbocycles. The number of aliphatic hydroxyl groups is 1. The van der Waals surface area contributed by atoms with Crippen LogP contribution in [0.15, 0.2) is 22.7 Å². The van der Waals surface area contributed by atoms with Crippen molar-refractivity contribution in [1.82, 2.24) is 5.32 Å². The van der Waals surface area contributed by atoms with E-state index >= 15 is 0 Å². The third-order valence-corrected chi connectivity index (χ3v) is 3.26. The molecule has 1 rings (SSSR count). The number of benzene rings is 1. The second-order valence-corrected chi connectivity index (χ2v) is 5.08. The zero-order valence-electron chi connectivity index (χ0n) is 10.6. The van der Waals surface area contributed by atoms with Crippen LogP contribution < -0.4 is 5.32 Å². The minimum atomic E-state index is -4.66. The Kier molecular flexibility index (Phi) is 5.35. The predicted molar refractivity (Wildman–Crippen MR) is 69.7 cm³/mol. The average molecular weight is 370 g/mol. The Balaban J connectivity index is 3.06. The molecule has 0 aliphatic rings. The molecule has 5 nitrogen and oxygen atoms in total. The first kappa shape index (κ1) is 17.4. The maximum absolute atomic E-state index is 12.7. The van der Waals surface area contributed by atoms with Crippen LogP contribution in [-0.4, -0.2) is 34.2 Å². The number of alkyl halides is 3. The molecule has 0 aliphatic heterocycles. The highest BCUT2D eigenvalue weighted by molar-refractivity contribution is 9.10. The summed E-state index contributed by atoms with van der Waals surface area (Å²) >= 11 is 2.73. The number of nitrogens with one attached hydrogen (secondary N) is 1. The highest BCUT2D eigenvalue weighted by Crippen LogP contribution is 2.35. The number of carboxylic acids is 1. The van der Waals surface area contributed by atoms with E-state index in [1.54, 1.807) is 0 Å². The number of carbonyl (C=O) groups is 2. The molecule has 0 radical (unpaired) electrons. The number of carbonyl (C=O) groups excluding carboxylic acids is 1. The molecule has 0 spiro atoms. The molecule has 3 N–H and O–H groups in total. The van der Waals surface area contributed by atoms with Crippen LogP contribution in [0, 0.1) is 0 Å². The van der Waals surface area contributed by atoms with Crippen molar-refractivity contribution in [2.45, 2.75) is 25.2 Å². The lowest BCUT2D eigenvalue weighted by Gasteiger charge is -2.17. The SMILES string of the molecule is C[C@@H](O)[C@H](NC(=O)c1ccc(Br)c(C(F)(F)F)c1)C(=O)O. The molecule has 116 valence electrons. The summed E-state index contributed by atoms with van der Waals surface area (Å²) in [5.74, 6) is -2.52. The van der Waals surface area contributed by atoms with E-state index in [0.717, 1.165) is 19.1 Å². The summed E-state index contributed by atoms with van der Waals surface area (Å²) in [5.41, 5.74) is -1.42. The van der Waals surface area contributed by atoms with E-state index in [1.807, 2.05) is 5.32 Å². The van der Waals surface area contributed by atoms with Gasteiger partial charge in [0.2, 0.25) is 0 Å². The van der Waals surface area contributed by atoms with Gasteiger partial charge in [0, 0.05) is 10.0 Å². The first-order valence-electron chi connectivity index (χ1n) is 5.62. The van der Waals surface area contributed by atoms with Crippen LogP contribution in [-0.2, 0) is 11.0 Å². The molecule has 0 saturated carbocycles. The van der Waals surface area contributed by atoms with Gasteiger partial charge >= 0.3 is 12.1 Å². The molecule has 0 fully saturated rings. The lowest BCUT2D eigenvalue weighted by Crippen LogP contribution is -2.47. The first-order chi connectivity index (χ1) is 9.54. The summed E-state index contributed by atoms with van der Waals surface area (Å²) in [6.45, 7) is 1.14. The van der Waals surface area contributed by atoms with Gasteiger partial charge in [-0.3, -0.25) is 4.79 Å². The number of rotatable bonds is 4. The fraction of sp³-hybridized carbons (Fsp3) is 0.333. The van der Waals surface area contributed by atoms with E-state index in [4.69, 9.17) is 5.11 Å². The Labute approximate surface area is 125 Å². The molecular weight excluding hydrogens is 359 g/mol.